The molecular formula is C13H24N2O3. The van der Waals surface area contributed by atoms with E-state index in [1.54, 1.807) is 0 Å². The number of nitrogens with one attached hydrogen (secondary N) is 2. The van der Waals surface area contributed by atoms with Crippen molar-refractivity contribution in [3.63, 3.8) is 0 Å². The van der Waals surface area contributed by atoms with E-state index in [2.05, 4.69) is 17.6 Å². The van der Waals surface area contributed by atoms with E-state index in [-0.39, 0.29) is 18.0 Å². The van der Waals surface area contributed by atoms with Crippen LogP contribution in [0.25, 0.3) is 0 Å². The van der Waals surface area contributed by atoms with Gasteiger partial charge in [-0.25, -0.2) is 9.59 Å². The number of carbonyl (C=O) groups is 2. The molecule has 0 aromatic rings. The molecule has 4 atom stereocenters. The summed E-state index contributed by atoms with van der Waals surface area (Å²) in [6.07, 6.45) is 3.81. The third-order valence-corrected chi connectivity index (χ3v) is 3.80. The quantitative estimate of drug-likeness (QED) is 0.703. The summed E-state index contributed by atoms with van der Waals surface area (Å²) in [6, 6.07) is -0.984. The standard InChI is InChI=1S/C13H24N2O3/c1-4-9(3)11(12(16)17)15-13(18)14-10-6-5-8(2)7-10/h8-11H,4-7H2,1-3H3,(H,16,17)(H2,14,15,18). The highest BCUT2D eigenvalue weighted by atomic mass is 16.4. The normalized spacial score (nSPS) is 26.4. The number of carboxylic acid groups (broad SMARTS) is 1. The van der Waals surface area contributed by atoms with Crippen molar-refractivity contribution < 1.29 is 14.7 Å². The Hall–Kier alpha value is -1.26. The van der Waals surface area contributed by atoms with E-state index in [9.17, 15) is 9.59 Å². The number of carbonyl (C=O) groups excluding carboxylic acids is 1. The SMILES string of the molecule is CCC(C)C(NC(=O)NC1CCC(C)C1)C(=O)O. The molecule has 1 saturated carbocycles. The molecule has 1 aliphatic carbocycles. The number of carboxylic acids is 1. The molecule has 1 aliphatic rings. The summed E-state index contributed by atoms with van der Waals surface area (Å²) in [5.74, 6) is -0.407. The van der Waals surface area contributed by atoms with Crippen LogP contribution in [0, 0.1) is 11.8 Å². The lowest BCUT2D eigenvalue weighted by molar-refractivity contribution is -0.140. The lowest BCUT2D eigenvalue weighted by Crippen LogP contribution is -2.51. The first-order valence-electron chi connectivity index (χ1n) is 6.73. The molecule has 0 aromatic carbocycles. The van der Waals surface area contributed by atoms with Crippen molar-refractivity contribution in [1.82, 2.24) is 10.6 Å². The van der Waals surface area contributed by atoms with Crippen LogP contribution in [0.3, 0.4) is 0 Å². The van der Waals surface area contributed by atoms with Crippen LogP contribution in [0.4, 0.5) is 4.79 Å². The number of hydrogen-bond donors (Lipinski definition) is 3. The van der Waals surface area contributed by atoms with Crippen molar-refractivity contribution in [2.75, 3.05) is 0 Å². The van der Waals surface area contributed by atoms with Crippen molar-refractivity contribution in [3.8, 4) is 0 Å². The van der Waals surface area contributed by atoms with Crippen LogP contribution in [0.15, 0.2) is 0 Å². The Morgan fingerprint density at radius 3 is 2.50 bits per heavy atom. The predicted octanol–water partition coefficient (Wildman–Crippen LogP) is 1.97. The lowest BCUT2D eigenvalue weighted by Gasteiger charge is -2.22. The molecule has 0 aromatic heterocycles. The van der Waals surface area contributed by atoms with Crippen LogP contribution >= 0.6 is 0 Å². The monoisotopic (exact) mass is 256 g/mol. The lowest BCUT2D eigenvalue weighted by atomic mass is 9.99. The molecular weight excluding hydrogens is 232 g/mol. The Kier molecular flexibility index (Phi) is 5.44. The Morgan fingerprint density at radius 2 is 2.06 bits per heavy atom. The maximum atomic E-state index is 11.8. The maximum absolute atomic E-state index is 11.8. The van der Waals surface area contributed by atoms with E-state index >= 15 is 0 Å². The molecule has 18 heavy (non-hydrogen) atoms. The second-order valence-corrected chi connectivity index (χ2v) is 5.43. The zero-order chi connectivity index (χ0) is 13.7. The summed E-state index contributed by atoms with van der Waals surface area (Å²) in [5, 5.41) is 14.5. The molecule has 1 rings (SSSR count). The number of rotatable bonds is 5. The fourth-order valence-electron chi connectivity index (χ4n) is 2.39. The van der Waals surface area contributed by atoms with Crippen LogP contribution in [-0.2, 0) is 4.79 Å². The highest BCUT2D eigenvalue weighted by molar-refractivity contribution is 5.82. The Bertz CT molecular complexity index is 307. The summed E-state index contributed by atoms with van der Waals surface area (Å²) in [6.45, 7) is 5.91. The van der Waals surface area contributed by atoms with Crippen LogP contribution in [0.5, 0.6) is 0 Å². The zero-order valence-electron chi connectivity index (χ0n) is 11.4. The second kappa shape index (κ2) is 6.61. The molecule has 3 N–H and O–H groups in total. The van der Waals surface area contributed by atoms with Gasteiger partial charge in [-0.05, 0) is 31.1 Å². The van der Waals surface area contributed by atoms with Crippen molar-refractivity contribution in [3.05, 3.63) is 0 Å². The molecule has 0 aliphatic heterocycles. The van der Waals surface area contributed by atoms with Crippen LogP contribution in [0.1, 0.15) is 46.5 Å². The van der Waals surface area contributed by atoms with E-state index in [0.29, 0.717) is 5.92 Å². The highest BCUT2D eigenvalue weighted by Gasteiger charge is 2.27. The van der Waals surface area contributed by atoms with Gasteiger partial charge < -0.3 is 15.7 Å². The van der Waals surface area contributed by atoms with Crippen LogP contribution in [-0.4, -0.2) is 29.2 Å². The largest absolute Gasteiger partial charge is 0.480 e. The second-order valence-electron chi connectivity index (χ2n) is 5.43. The molecule has 5 heteroatoms. The van der Waals surface area contributed by atoms with E-state index in [0.717, 1.165) is 25.7 Å². The summed E-state index contributed by atoms with van der Waals surface area (Å²) in [5.41, 5.74) is 0. The van der Waals surface area contributed by atoms with Gasteiger partial charge in [0.2, 0.25) is 0 Å². The fraction of sp³-hybridized carbons (Fsp3) is 0.846. The number of aliphatic carboxylic acids is 1. The minimum Gasteiger partial charge on any atom is -0.480 e. The molecule has 0 heterocycles. The topological polar surface area (TPSA) is 78.4 Å². The molecule has 0 spiro atoms. The van der Waals surface area contributed by atoms with Crippen LogP contribution in [0.2, 0.25) is 0 Å². The Morgan fingerprint density at radius 1 is 1.39 bits per heavy atom. The summed E-state index contributed by atoms with van der Waals surface area (Å²) in [7, 11) is 0. The third kappa shape index (κ3) is 4.20. The summed E-state index contributed by atoms with van der Waals surface area (Å²) < 4.78 is 0. The van der Waals surface area contributed by atoms with Gasteiger partial charge in [-0.3, -0.25) is 0 Å². The van der Waals surface area contributed by atoms with Crippen molar-refractivity contribution >= 4 is 12.0 Å². The first-order chi connectivity index (χ1) is 8.43. The van der Waals surface area contributed by atoms with Gasteiger partial charge >= 0.3 is 12.0 Å². The van der Waals surface area contributed by atoms with Gasteiger partial charge in [0, 0.05) is 6.04 Å². The molecule has 0 radical (unpaired) electrons. The van der Waals surface area contributed by atoms with E-state index in [1.807, 2.05) is 13.8 Å². The molecule has 0 bridgehead atoms. The molecule has 4 unspecified atom stereocenters. The van der Waals surface area contributed by atoms with Crippen molar-refractivity contribution in [1.29, 1.82) is 0 Å². The van der Waals surface area contributed by atoms with Crippen molar-refractivity contribution in [2.24, 2.45) is 11.8 Å². The average Bonchev–Trinajstić information content (AvgIpc) is 2.70. The minimum absolute atomic E-state index is 0.0734. The molecule has 104 valence electrons. The highest BCUT2D eigenvalue weighted by Crippen LogP contribution is 2.24. The van der Waals surface area contributed by atoms with E-state index < -0.39 is 12.0 Å². The average molecular weight is 256 g/mol. The van der Waals surface area contributed by atoms with Gasteiger partial charge in [-0.2, -0.15) is 0 Å². The Balaban J connectivity index is 2.44. The Labute approximate surface area is 108 Å². The zero-order valence-corrected chi connectivity index (χ0v) is 11.4. The van der Waals surface area contributed by atoms with E-state index in [1.165, 1.54) is 0 Å². The molecule has 0 saturated heterocycles. The smallest absolute Gasteiger partial charge is 0.326 e. The van der Waals surface area contributed by atoms with Gasteiger partial charge in [-0.1, -0.05) is 27.2 Å². The number of hydrogen-bond acceptors (Lipinski definition) is 2. The van der Waals surface area contributed by atoms with Gasteiger partial charge in [0.15, 0.2) is 0 Å². The fourth-order valence-corrected chi connectivity index (χ4v) is 2.39. The molecule has 5 nitrogen and oxygen atoms in total. The van der Waals surface area contributed by atoms with Gasteiger partial charge in [0.25, 0.3) is 0 Å². The van der Waals surface area contributed by atoms with E-state index in [4.69, 9.17) is 5.11 Å². The van der Waals surface area contributed by atoms with Gasteiger partial charge in [0.1, 0.15) is 6.04 Å². The number of amides is 2. The van der Waals surface area contributed by atoms with Crippen LogP contribution < -0.4 is 10.6 Å². The maximum Gasteiger partial charge on any atom is 0.326 e. The van der Waals surface area contributed by atoms with Gasteiger partial charge in [-0.15, -0.1) is 0 Å². The first kappa shape index (κ1) is 14.8. The molecule has 1 fully saturated rings. The van der Waals surface area contributed by atoms with Crippen molar-refractivity contribution in [2.45, 2.75) is 58.5 Å². The van der Waals surface area contributed by atoms with Gasteiger partial charge in [0.05, 0.1) is 0 Å². The first-order valence-corrected chi connectivity index (χ1v) is 6.73. The third-order valence-electron chi connectivity index (χ3n) is 3.80. The summed E-state index contributed by atoms with van der Waals surface area (Å²) >= 11 is 0. The number of urea groups is 1. The summed E-state index contributed by atoms with van der Waals surface area (Å²) in [4.78, 5) is 22.8. The predicted molar refractivity (Wildman–Crippen MR) is 69.3 cm³/mol. The minimum atomic E-state index is -0.973. The molecule has 2 amide bonds.